The maximum absolute atomic E-state index is 4.78. The second-order valence-electron chi connectivity index (χ2n) is 10.6. The Morgan fingerprint density at radius 2 is 0.833 bits per heavy atom. The molecular weight excluding hydrogens is 434 g/mol. The molecule has 0 aliphatic carbocycles. The van der Waals surface area contributed by atoms with Crippen molar-refractivity contribution in [3.05, 3.63) is 78.0 Å². The maximum atomic E-state index is 4.78. The van der Waals surface area contributed by atoms with Gasteiger partial charge in [-0.2, -0.15) is 0 Å². The van der Waals surface area contributed by atoms with E-state index in [-0.39, 0.29) is 0 Å². The van der Waals surface area contributed by atoms with E-state index in [1.807, 2.05) is 6.20 Å². The third-order valence-electron chi connectivity index (χ3n) is 7.44. The molecule has 0 amide bonds. The molecule has 1 aromatic heterocycles. The quantitative estimate of drug-likeness (QED) is 0.164. The summed E-state index contributed by atoms with van der Waals surface area (Å²) in [6.45, 7) is 4.56. The Hall–Kier alpha value is -2.41. The standard InChI is InChI=1S/C35H49N/c1-3-5-7-9-11-12-14-16-17-30-19-23-32(24-20-30)34-27-28-35(36-29-34)33-25-21-31(22-26-33)18-15-13-10-8-6-4-2/h19-29H,3-18H2,1-2H3. The van der Waals surface area contributed by atoms with Crippen molar-refractivity contribution >= 4 is 0 Å². The van der Waals surface area contributed by atoms with E-state index in [2.05, 4.69) is 74.5 Å². The minimum atomic E-state index is 1.05. The van der Waals surface area contributed by atoms with Crippen LogP contribution in [0.5, 0.6) is 0 Å². The summed E-state index contributed by atoms with van der Waals surface area (Å²) in [6, 6.07) is 22.5. The van der Waals surface area contributed by atoms with Crippen LogP contribution in [0.4, 0.5) is 0 Å². The van der Waals surface area contributed by atoms with E-state index < -0.39 is 0 Å². The molecule has 3 rings (SSSR count). The average Bonchev–Trinajstić information content (AvgIpc) is 2.93. The van der Waals surface area contributed by atoms with Gasteiger partial charge in [0.05, 0.1) is 5.69 Å². The second-order valence-corrected chi connectivity index (χ2v) is 10.6. The first-order valence-corrected chi connectivity index (χ1v) is 14.9. The molecule has 0 aliphatic rings. The molecule has 36 heavy (non-hydrogen) atoms. The zero-order valence-electron chi connectivity index (χ0n) is 23.1. The Bertz CT molecular complexity index is 937. The number of hydrogen-bond donors (Lipinski definition) is 0. The Kier molecular flexibility index (Phi) is 13.4. The van der Waals surface area contributed by atoms with Crippen molar-refractivity contribution in [1.29, 1.82) is 0 Å². The summed E-state index contributed by atoms with van der Waals surface area (Å²) >= 11 is 0. The number of unbranched alkanes of at least 4 members (excludes halogenated alkanes) is 12. The van der Waals surface area contributed by atoms with Crippen LogP contribution in [0.2, 0.25) is 0 Å². The van der Waals surface area contributed by atoms with Gasteiger partial charge in [0.25, 0.3) is 0 Å². The first kappa shape index (κ1) is 28.2. The number of hydrogen-bond acceptors (Lipinski definition) is 1. The molecule has 0 saturated heterocycles. The van der Waals surface area contributed by atoms with Gasteiger partial charge in [-0.1, -0.05) is 145 Å². The third kappa shape index (κ3) is 10.3. The minimum absolute atomic E-state index is 1.05. The van der Waals surface area contributed by atoms with E-state index in [9.17, 15) is 0 Å². The zero-order chi connectivity index (χ0) is 25.3. The summed E-state index contributed by atoms with van der Waals surface area (Å²) in [5.41, 5.74) is 7.60. The van der Waals surface area contributed by atoms with Gasteiger partial charge in [-0.15, -0.1) is 0 Å². The van der Waals surface area contributed by atoms with Crippen LogP contribution in [-0.4, -0.2) is 4.98 Å². The number of aromatic nitrogens is 1. The summed E-state index contributed by atoms with van der Waals surface area (Å²) < 4.78 is 0. The van der Waals surface area contributed by atoms with E-state index in [4.69, 9.17) is 4.98 Å². The zero-order valence-corrected chi connectivity index (χ0v) is 23.1. The van der Waals surface area contributed by atoms with E-state index in [0.717, 1.165) is 5.69 Å². The maximum Gasteiger partial charge on any atom is 0.0702 e. The Morgan fingerprint density at radius 1 is 0.417 bits per heavy atom. The number of aryl methyl sites for hydroxylation is 2. The van der Waals surface area contributed by atoms with Crippen LogP contribution in [0.15, 0.2) is 66.9 Å². The fourth-order valence-electron chi connectivity index (χ4n) is 5.01. The number of rotatable bonds is 18. The van der Waals surface area contributed by atoms with Gasteiger partial charge in [0, 0.05) is 17.3 Å². The van der Waals surface area contributed by atoms with Gasteiger partial charge < -0.3 is 0 Å². The molecular formula is C35H49N. The second kappa shape index (κ2) is 17.1. The highest BCUT2D eigenvalue weighted by molar-refractivity contribution is 5.67. The van der Waals surface area contributed by atoms with E-state index in [0.29, 0.717) is 0 Å². The largest absolute Gasteiger partial charge is 0.256 e. The van der Waals surface area contributed by atoms with Crippen molar-refractivity contribution in [2.45, 2.75) is 117 Å². The van der Waals surface area contributed by atoms with Crippen molar-refractivity contribution in [2.75, 3.05) is 0 Å². The molecule has 0 radical (unpaired) electrons. The van der Waals surface area contributed by atoms with Gasteiger partial charge in [-0.05, 0) is 48.4 Å². The van der Waals surface area contributed by atoms with Crippen LogP contribution in [-0.2, 0) is 12.8 Å². The lowest BCUT2D eigenvalue weighted by molar-refractivity contribution is 0.575. The molecule has 1 nitrogen and oxygen atoms in total. The van der Waals surface area contributed by atoms with E-state index in [1.54, 1.807) is 0 Å². The minimum Gasteiger partial charge on any atom is -0.256 e. The first-order valence-electron chi connectivity index (χ1n) is 14.9. The van der Waals surface area contributed by atoms with Crippen molar-refractivity contribution < 1.29 is 0 Å². The van der Waals surface area contributed by atoms with Gasteiger partial charge in [-0.25, -0.2) is 0 Å². The molecule has 0 fully saturated rings. The third-order valence-corrected chi connectivity index (χ3v) is 7.44. The van der Waals surface area contributed by atoms with Gasteiger partial charge in [0.2, 0.25) is 0 Å². The van der Waals surface area contributed by atoms with Crippen LogP contribution in [0, 0.1) is 0 Å². The Labute approximate surface area is 221 Å². The van der Waals surface area contributed by atoms with Crippen LogP contribution < -0.4 is 0 Å². The molecule has 0 saturated carbocycles. The Morgan fingerprint density at radius 3 is 1.28 bits per heavy atom. The lowest BCUT2D eigenvalue weighted by atomic mass is 10.0. The lowest BCUT2D eigenvalue weighted by Gasteiger charge is -2.07. The predicted molar refractivity (Wildman–Crippen MR) is 159 cm³/mol. The summed E-state index contributed by atoms with van der Waals surface area (Å²) in [7, 11) is 0. The molecule has 0 unspecified atom stereocenters. The topological polar surface area (TPSA) is 12.9 Å². The summed E-state index contributed by atoms with van der Waals surface area (Å²) in [5, 5.41) is 0. The fraction of sp³-hybridized carbons (Fsp3) is 0.514. The highest BCUT2D eigenvalue weighted by Gasteiger charge is 2.04. The molecule has 2 aromatic carbocycles. The van der Waals surface area contributed by atoms with Gasteiger partial charge in [0.1, 0.15) is 0 Å². The molecule has 1 heterocycles. The van der Waals surface area contributed by atoms with Crippen molar-refractivity contribution in [3.8, 4) is 22.4 Å². The molecule has 3 aromatic rings. The van der Waals surface area contributed by atoms with Gasteiger partial charge in [0.15, 0.2) is 0 Å². The fourth-order valence-corrected chi connectivity index (χ4v) is 5.01. The number of benzene rings is 2. The summed E-state index contributed by atoms with van der Waals surface area (Å²) in [4.78, 5) is 4.78. The van der Waals surface area contributed by atoms with Gasteiger partial charge >= 0.3 is 0 Å². The van der Waals surface area contributed by atoms with Crippen LogP contribution in [0.1, 0.15) is 115 Å². The van der Waals surface area contributed by atoms with E-state index in [1.165, 1.54) is 131 Å². The van der Waals surface area contributed by atoms with Crippen molar-refractivity contribution in [2.24, 2.45) is 0 Å². The first-order chi connectivity index (χ1) is 17.8. The van der Waals surface area contributed by atoms with Crippen molar-refractivity contribution in [1.82, 2.24) is 4.98 Å². The van der Waals surface area contributed by atoms with Gasteiger partial charge in [-0.3, -0.25) is 4.98 Å². The molecule has 0 bridgehead atoms. The van der Waals surface area contributed by atoms with Crippen LogP contribution >= 0.6 is 0 Å². The van der Waals surface area contributed by atoms with Crippen molar-refractivity contribution in [3.63, 3.8) is 0 Å². The Balaban J connectivity index is 1.41. The average molecular weight is 484 g/mol. The molecule has 194 valence electrons. The highest BCUT2D eigenvalue weighted by atomic mass is 14.7. The monoisotopic (exact) mass is 483 g/mol. The highest BCUT2D eigenvalue weighted by Crippen LogP contribution is 2.24. The number of nitrogens with zero attached hydrogens (tertiary/aromatic N) is 1. The number of pyridine rings is 1. The SMILES string of the molecule is CCCCCCCCCCc1ccc(-c2ccc(-c3ccc(CCCCCCCC)cc3)nc2)cc1. The van der Waals surface area contributed by atoms with E-state index >= 15 is 0 Å². The summed E-state index contributed by atoms with van der Waals surface area (Å²) in [5.74, 6) is 0. The normalized spacial score (nSPS) is 11.2. The lowest BCUT2D eigenvalue weighted by Crippen LogP contribution is -1.89. The molecule has 1 heteroatoms. The van der Waals surface area contributed by atoms with Crippen LogP contribution in [0.25, 0.3) is 22.4 Å². The molecule has 0 atom stereocenters. The molecule has 0 aliphatic heterocycles. The molecule has 0 spiro atoms. The summed E-state index contributed by atoms with van der Waals surface area (Å²) in [6.07, 6.45) is 23.6. The van der Waals surface area contributed by atoms with Crippen LogP contribution in [0.3, 0.4) is 0 Å². The molecule has 0 N–H and O–H groups in total. The predicted octanol–water partition coefficient (Wildman–Crippen LogP) is 11.0. The smallest absolute Gasteiger partial charge is 0.0702 e.